The Hall–Kier alpha value is -1.72. The Morgan fingerprint density at radius 2 is 1.80 bits per heavy atom. The molecule has 1 saturated heterocycles. The van der Waals surface area contributed by atoms with Gasteiger partial charge in [-0.3, -0.25) is 10.0 Å². The van der Waals surface area contributed by atoms with Crippen LogP contribution in [-0.4, -0.2) is 42.2 Å². The fourth-order valence-electron chi connectivity index (χ4n) is 3.14. The lowest BCUT2D eigenvalue weighted by Crippen LogP contribution is -2.45. The van der Waals surface area contributed by atoms with Gasteiger partial charge >= 0.3 is 0 Å². The molecule has 6 heteroatoms. The van der Waals surface area contributed by atoms with E-state index in [1.165, 1.54) is 11.4 Å². The van der Waals surface area contributed by atoms with Crippen LogP contribution >= 0.6 is 11.6 Å². The minimum atomic E-state index is -0.304. The van der Waals surface area contributed by atoms with Crippen LogP contribution in [0.5, 0.6) is 0 Å². The fourth-order valence-corrected chi connectivity index (χ4v) is 3.32. The summed E-state index contributed by atoms with van der Waals surface area (Å²) in [5.74, 6) is -0.304. The van der Waals surface area contributed by atoms with Crippen molar-refractivity contribution in [1.82, 2.24) is 10.4 Å². The maximum absolute atomic E-state index is 10.9. The van der Waals surface area contributed by atoms with Crippen LogP contribution in [0.2, 0.25) is 5.02 Å². The number of carbonyl (C=O) groups excluding carboxylic acids is 1. The van der Waals surface area contributed by atoms with Crippen molar-refractivity contribution < 1.29 is 10.0 Å². The van der Waals surface area contributed by atoms with E-state index in [1.54, 1.807) is 5.48 Å². The second-order valence-electron chi connectivity index (χ2n) is 6.47. The van der Waals surface area contributed by atoms with Crippen molar-refractivity contribution in [3.63, 3.8) is 0 Å². The number of halogens is 1. The highest BCUT2D eigenvalue weighted by atomic mass is 35.5. The molecular formula is C19H28ClN3O2. The van der Waals surface area contributed by atoms with Gasteiger partial charge in [0.1, 0.15) is 0 Å². The topological polar surface area (TPSA) is 55.8 Å². The van der Waals surface area contributed by atoms with Crippen LogP contribution in [0.25, 0.3) is 0 Å². The first kappa shape index (κ1) is 19.6. The lowest BCUT2D eigenvalue weighted by Gasteiger charge is -2.38. The van der Waals surface area contributed by atoms with Gasteiger partial charge in [-0.1, -0.05) is 37.1 Å². The number of allylic oxidation sites excluding steroid dienone is 1. The third-order valence-electron chi connectivity index (χ3n) is 4.64. The lowest BCUT2D eigenvalue weighted by atomic mass is 10.1. The largest absolute Gasteiger partial charge is 0.372 e. The predicted octanol–water partition coefficient (Wildman–Crippen LogP) is 3.82. The maximum atomic E-state index is 10.9. The molecule has 0 radical (unpaired) electrons. The molecule has 0 aliphatic carbocycles. The van der Waals surface area contributed by atoms with E-state index in [0.29, 0.717) is 6.42 Å². The molecule has 2 N–H and O–H groups in total. The summed E-state index contributed by atoms with van der Waals surface area (Å²) in [7, 11) is 0. The van der Waals surface area contributed by atoms with Gasteiger partial charge in [0, 0.05) is 49.0 Å². The normalized spacial score (nSPS) is 14.5. The molecular weight excluding hydrogens is 338 g/mol. The van der Waals surface area contributed by atoms with Crippen LogP contribution in [0.3, 0.4) is 0 Å². The van der Waals surface area contributed by atoms with Crippen LogP contribution < -0.4 is 10.4 Å². The summed E-state index contributed by atoms with van der Waals surface area (Å²) in [5.41, 5.74) is 4.06. The molecule has 1 aromatic rings. The number of rotatable bonds is 9. The number of nitrogens with one attached hydrogen (secondary N) is 1. The summed E-state index contributed by atoms with van der Waals surface area (Å²) in [6.45, 7) is 8.18. The van der Waals surface area contributed by atoms with Gasteiger partial charge in [-0.15, -0.1) is 0 Å². The summed E-state index contributed by atoms with van der Waals surface area (Å²) >= 11 is 6.08. The average Bonchev–Trinajstić information content (AvgIpc) is 2.64. The summed E-state index contributed by atoms with van der Waals surface area (Å²) < 4.78 is 0. The Morgan fingerprint density at radius 3 is 2.44 bits per heavy atom. The van der Waals surface area contributed by atoms with Crippen LogP contribution in [0.4, 0.5) is 5.69 Å². The Kier molecular flexibility index (Phi) is 8.09. The van der Waals surface area contributed by atoms with E-state index in [1.807, 2.05) is 18.2 Å². The Bertz CT molecular complexity index is 572. The summed E-state index contributed by atoms with van der Waals surface area (Å²) in [4.78, 5) is 15.7. The molecule has 5 nitrogen and oxygen atoms in total. The quantitative estimate of drug-likeness (QED) is 0.397. The van der Waals surface area contributed by atoms with Crippen LogP contribution in [-0.2, 0) is 4.79 Å². The molecule has 1 fully saturated rings. The van der Waals surface area contributed by atoms with Crippen molar-refractivity contribution in [2.75, 3.05) is 31.1 Å². The van der Waals surface area contributed by atoms with Crippen molar-refractivity contribution in [1.29, 1.82) is 0 Å². The predicted molar refractivity (Wildman–Crippen MR) is 102 cm³/mol. The molecule has 25 heavy (non-hydrogen) atoms. The third-order valence-corrected chi connectivity index (χ3v) is 4.88. The van der Waals surface area contributed by atoms with Gasteiger partial charge in [0.05, 0.1) is 0 Å². The second kappa shape index (κ2) is 10.3. The molecule has 1 amide bonds. The molecule has 0 saturated carbocycles. The molecule has 0 aromatic heterocycles. The second-order valence-corrected chi connectivity index (χ2v) is 6.91. The standard InChI is InChI=1S/C19H28ClN3O2/c1-16(7-4-2-3-5-10-19(24)21-25)22-11-13-23(14-12-22)18-9-6-8-17(20)15-18/h6,8-9,15,25H,1-5,7,10-14H2,(H,21,24). The first-order valence-corrected chi connectivity index (χ1v) is 9.34. The number of hydroxylamine groups is 1. The number of hydrogen-bond donors (Lipinski definition) is 2. The molecule has 0 spiro atoms. The van der Waals surface area contributed by atoms with Gasteiger partial charge in [0.2, 0.25) is 5.91 Å². The monoisotopic (exact) mass is 365 g/mol. The Morgan fingerprint density at radius 1 is 1.12 bits per heavy atom. The molecule has 138 valence electrons. The summed E-state index contributed by atoms with van der Waals surface area (Å²) in [5, 5.41) is 9.21. The van der Waals surface area contributed by atoms with Crippen LogP contribution in [0.1, 0.15) is 38.5 Å². The molecule has 1 aromatic carbocycles. The lowest BCUT2D eigenvalue weighted by molar-refractivity contribution is -0.129. The molecule has 0 bridgehead atoms. The highest BCUT2D eigenvalue weighted by Gasteiger charge is 2.18. The first-order valence-electron chi connectivity index (χ1n) is 8.96. The molecule has 1 aliphatic rings. The number of amides is 1. The van der Waals surface area contributed by atoms with Crippen molar-refractivity contribution in [3.05, 3.63) is 41.6 Å². The SMILES string of the molecule is C=C(CCCCCCC(=O)NO)N1CCN(c2cccc(Cl)c2)CC1. The van der Waals surface area contributed by atoms with Crippen LogP contribution in [0, 0.1) is 0 Å². The molecule has 0 atom stereocenters. The van der Waals surface area contributed by atoms with E-state index in [-0.39, 0.29) is 5.91 Å². The maximum Gasteiger partial charge on any atom is 0.243 e. The van der Waals surface area contributed by atoms with E-state index in [0.717, 1.165) is 63.3 Å². The average molecular weight is 366 g/mol. The number of anilines is 1. The Labute approximate surface area is 155 Å². The smallest absolute Gasteiger partial charge is 0.243 e. The number of unbranched alkanes of at least 4 members (excludes halogenated alkanes) is 3. The van der Waals surface area contributed by atoms with Gasteiger partial charge in [0.25, 0.3) is 0 Å². The van der Waals surface area contributed by atoms with Crippen molar-refractivity contribution in [3.8, 4) is 0 Å². The summed E-state index contributed by atoms with van der Waals surface area (Å²) in [6, 6.07) is 8.02. The van der Waals surface area contributed by atoms with Crippen molar-refractivity contribution >= 4 is 23.2 Å². The zero-order chi connectivity index (χ0) is 18.1. The molecule has 1 aliphatic heterocycles. The number of benzene rings is 1. The van der Waals surface area contributed by atoms with Gasteiger partial charge in [-0.2, -0.15) is 0 Å². The van der Waals surface area contributed by atoms with E-state index in [4.69, 9.17) is 16.8 Å². The molecule has 0 unspecified atom stereocenters. The van der Waals surface area contributed by atoms with Gasteiger partial charge in [0.15, 0.2) is 0 Å². The molecule has 2 rings (SSSR count). The Balaban J connectivity index is 1.62. The highest BCUT2D eigenvalue weighted by Crippen LogP contribution is 2.22. The number of nitrogens with zero attached hydrogens (tertiary/aromatic N) is 2. The van der Waals surface area contributed by atoms with Crippen LogP contribution in [0.15, 0.2) is 36.5 Å². The van der Waals surface area contributed by atoms with E-state index < -0.39 is 0 Å². The van der Waals surface area contributed by atoms with Crippen molar-refractivity contribution in [2.45, 2.75) is 38.5 Å². The van der Waals surface area contributed by atoms with E-state index in [9.17, 15) is 4.79 Å². The van der Waals surface area contributed by atoms with Gasteiger partial charge < -0.3 is 9.80 Å². The minimum absolute atomic E-state index is 0.304. The fraction of sp³-hybridized carbons (Fsp3) is 0.526. The van der Waals surface area contributed by atoms with Crippen molar-refractivity contribution in [2.24, 2.45) is 0 Å². The highest BCUT2D eigenvalue weighted by molar-refractivity contribution is 6.30. The first-order chi connectivity index (χ1) is 12.1. The molecule has 1 heterocycles. The van der Waals surface area contributed by atoms with E-state index >= 15 is 0 Å². The minimum Gasteiger partial charge on any atom is -0.372 e. The van der Waals surface area contributed by atoms with Gasteiger partial charge in [-0.25, -0.2) is 5.48 Å². The third kappa shape index (κ3) is 6.59. The number of carbonyl (C=O) groups is 1. The van der Waals surface area contributed by atoms with E-state index in [2.05, 4.69) is 22.4 Å². The van der Waals surface area contributed by atoms with Gasteiger partial charge in [-0.05, 0) is 37.5 Å². The number of hydrogen-bond acceptors (Lipinski definition) is 4. The zero-order valence-electron chi connectivity index (χ0n) is 14.7. The summed E-state index contributed by atoms with van der Waals surface area (Å²) in [6.07, 6.45) is 5.39. The number of piperazine rings is 1. The zero-order valence-corrected chi connectivity index (χ0v) is 15.5.